The molecular weight excluding hydrogens is 370 g/mol. The van der Waals surface area contributed by atoms with Gasteiger partial charge in [-0.3, -0.25) is 4.79 Å². The molecule has 0 bridgehead atoms. The first-order valence-corrected chi connectivity index (χ1v) is 9.63. The molecule has 2 rings (SSSR count). The Balaban J connectivity index is 2.06. The van der Waals surface area contributed by atoms with Crippen molar-refractivity contribution in [1.29, 1.82) is 0 Å². The Morgan fingerprint density at radius 3 is 2.21 bits per heavy atom. The number of hydrogen-bond donors (Lipinski definition) is 1. The van der Waals surface area contributed by atoms with Gasteiger partial charge in [-0.15, -0.1) is 0 Å². The van der Waals surface area contributed by atoms with Crippen molar-refractivity contribution in [2.24, 2.45) is 0 Å². The smallest absolute Gasteiger partial charge is 0.255 e. The molecule has 0 atom stereocenters. The molecule has 154 valence electrons. The second kappa shape index (κ2) is 10.9. The van der Waals surface area contributed by atoms with Gasteiger partial charge < -0.3 is 24.7 Å². The van der Waals surface area contributed by atoms with Crippen LogP contribution in [0.15, 0.2) is 54.2 Å². The molecule has 0 aliphatic carbocycles. The van der Waals surface area contributed by atoms with Gasteiger partial charge in [-0.25, -0.2) is 0 Å². The predicted molar refractivity (Wildman–Crippen MR) is 110 cm³/mol. The maximum atomic E-state index is 12.4. The van der Waals surface area contributed by atoms with Gasteiger partial charge in [0.25, 0.3) is 5.91 Å². The Kier molecular flexibility index (Phi) is 8.27. The Morgan fingerprint density at radius 1 is 1.03 bits per heavy atom. The number of amides is 1. The van der Waals surface area contributed by atoms with Crippen LogP contribution in [0.4, 0.5) is 0 Å². The molecular formula is C23H26NO5-. The van der Waals surface area contributed by atoms with Gasteiger partial charge in [-0.1, -0.05) is 25.5 Å². The third-order valence-corrected chi connectivity index (χ3v) is 3.91. The lowest BCUT2D eigenvalue weighted by atomic mass is 10.1. The monoisotopic (exact) mass is 396 g/mol. The maximum Gasteiger partial charge on any atom is 0.255 e. The van der Waals surface area contributed by atoms with Crippen LogP contribution in [0.3, 0.4) is 0 Å². The molecule has 0 aliphatic rings. The van der Waals surface area contributed by atoms with E-state index < -0.39 is 11.9 Å². The lowest BCUT2D eigenvalue weighted by Gasteiger charge is -2.12. The van der Waals surface area contributed by atoms with Crippen molar-refractivity contribution in [2.75, 3.05) is 6.61 Å². The summed E-state index contributed by atoms with van der Waals surface area (Å²) < 4.78 is 11.1. The van der Waals surface area contributed by atoms with Crippen LogP contribution in [0.2, 0.25) is 0 Å². The molecule has 0 saturated carbocycles. The van der Waals surface area contributed by atoms with Crippen LogP contribution < -0.4 is 19.9 Å². The third-order valence-electron chi connectivity index (χ3n) is 3.91. The summed E-state index contributed by atoms with van der Waals surface area (Å²) in [6.45, 7) is 6.52. The third kappa shape index (κ3) is 7.33. The number of hydrogen-bond acceptors (Lipinski definition) is 5. The van der Waals surface area contributed by atoms with E-state index in [0.29, 0.717) is 29.2 Å². The molecule has 0 unspecified atom stereocenters. The molecule has 2 aromatic carbocycles. The zero-order valence-electron chi connectivity index (χ0n) is 16.9. The van der Waals surface area contributed by atoms with E-state index in [-0.39, 0.29) is 11.8 Å². The number of aliphatic carboxylic acids is 1. The van der Waals surface area contributed by atoms with Crippen molar-refractivity contribution in [1.82, 2.24) is 5.32 Å². The number of benzene rings is 2. The minimum atomic E-state index is -1.47. The second-order valence-corrected chi connectivity index (χ2v) is 6.76. The summed E-state index contributed by atoms with van der Waals surface area (Å²) in [6, 6.07) is 13.4. The van der Waals surface area contributed by atoms with E-state index >= 15 is 0 Å². The number of carbonyl (C=O) groups excluding carboxylic acids is 2. The van der Waals surface area contributed by atoms with E-state index in [1.54, 1.807) is 48.5 Å². The van der Waals surface area contributed by atoms with Gasteiger partial charge in [0.05, 0.1) is 24.4 Å². The van der Waals surface area contributed by atoms with Gasteiger partial charge in [0, 0.05) is 5.56 Å². The Hall–Kier alpha value is -3.28. The number of nitrogens with one attached hydrogen (secondary N) is 1. The van der Waals surface area contributed by atoms with E-state index in [2.05, 4.69) is 12.2 Å². The molecule has 1 amide bonds. The van der Waals surface area contributed by atoms with Gasteiger partial charge in [0.2, 0.25) is 0 Å². The van der Waals surface area contributed by atoms with Crippen molar-refractivity contribution < 1.29 is 24.2 Å². The van der Waals surface area contributed by atoms with Gasteiger partial charge in [0.1, 0.15) is 11.5 Å². The molecule has 0 fully saturated rings. The van der Waals surface area contributed by atoms with Crippen LogP contribution in [-0.4, -0.2) is 24.6 Å². The highest BCUT2D eigenvalue weighted by Gasteiger charge is 2.09. The number of unbranched alkanes of at least 4 members (excludes halogenated alkanes) is 1. The van der Waals surface area contributed by atoms with Crippen molar-refractivity contribution >= 4 is 18.0 Å². The van der Waals surface area contributed by atoms with Crippen LogP contribution >= 0.6 is 0 Å². The maximum absolute atomic E-state index is 12.4. The number of carbonyl (C=O) groups is 2. The molecule has 2 aromatic rings. The highest BCUT2D eigenvalue weighted by Crippen LogP contribution is 2.16. The number of ether oxygens (including phenoxy) is 2. The van der Waals surface area contributed by atoms with Crippen molar-refractivity contribution in [3.05, 3.63) is 65.4 Å². The lowest BCUT2D eigenvalue weighted by molar-refractivity contribution is -0.299. The van der Waals surface area contributed by atoms with E-state index in [1.807, 2.05) is 13.8 Å². The largest absolute Gasteiger partial charge is 0.543 e. The minimum Gasteiger partial charge on any atom is -0.543 e. The average Bonchev–Trinajstić information content (AvgIpc) is 2.69. The van der Waals surface area contributed by atoms with E-state index in [9.17, 15) is 14.7 Å². The highest BCUT2D eigenvalue weighted by molar-refractivity contribution is 6.02. The van der Waals surface area contributed by atoms with Crippen LogP contribution in [0, 0.1) is 0 Å². The number of carboxylic acid groups (broad SMARTS) is 1. The fourth-order valence-electron chi connectivity index (χ4n) is 2.46. The second-order valence-electron chi connectivity index (χ2n) is 6.76. The lowest BCUT2D eigenvalue weighted by Crippen LogP contribution is -2.35. The molecule has 6 nitrogen and oxygen atoms in total. The molecule has 0 heterocycles. The number of carboxylic acids is 1. The summed E-state index contributed by atoms with van der Waals surface area (Å²) in [5.74, 6) is -0.674. The van der Waals surface area contributed by atoms with Gasteiger partial charge >= 0.3 is 0 Å². The van der Waals surface area contributed by atoms with Crippen LogP contribution in [-0.2, 0) is 4.79 Å². The number of rotatable bonds is 10. The average molecular weight is 396 g/mol. The molecule has 6 heteroatoms. The van der Waals surface area contributed by atoms with Gasteiger partial charge in [-0.05, 0) is 68.3 Å². The summed E-state index contributed by atoms with van der Waals surface area (Å²) in [7, 11) is 0. The Bertz CT molecular complexity index is 839. The van der Waals surface area contributed by atoms with Crippen LogP contribution in [0.5, 0.6) is 11.5 Å². The quantitative estimate of drug-likeness (QED) is 0.492. The summed E-state index contributed by atoms with van der Waals surface area (Å²) in [5.41, 5.74) is 0.594. The summed E-state index contributed by atoms with van der Waals surface area (Å²) in [6.07, 6.45) is 3.37. The SMILES string of the molecule is CCCCOc1ccc(C(=O)N/C(=C/c2ccc(OC(C)C)cc2)C(=O)[O-])cc1. The van der Waals surface area contributed by atoms with Crippen molar-refractivity contribution in [2.45, 2.75) is 39.7 Å². The first-order chi connectivity index (χ1) is 13.9. The van der Waals surface area contributed by atoms with Crippen molar-refractivity contribution in [3.63, 3.8) is 0 Å². The van der Waals surface area contributed by atoms with Crippen LogP contribution in [0.25, 0.3) is 6.08 Å². The predicted octanol–water partition coefficient (Wildman–Crippen LogP) is 3.17. The highest BCUT2D eigenvalue weighted by atomic mass is 16.5. The Morgan fingerprint density at radius 2 is 1.66 bits per heavy atom. The molecule has 0 aromatic heterocycles. The molecule has 0 saturated heterocycles. The summed E-state index contributed by atoms with van der Waals surface area (Å²) >= 11 is 0. The molecule has 0 radical (unpaired) electrons. The first kappa shape index (κ1) is 22.0. The fraction of sp³-hybridized carbons (Fsp3) is 0.304. The van der Waals surface area contributed by atoms with E-state index in [0.717, 1.165) is 12.8 Å². The normalized spacial score (nSPS) is 11.2. The first-order valence-electron chi connectivity index (χ1n) is 9.63. The van der Waals surface area contributed by atoms with Gasteiger partial charge in [0.15, 0.2) is 0 Å². The summed E-state index contributed by atoms with van der Waals surface area (Å²) in [4.78, 5) is 23.8. The fourth-order valence-corrected chi connectivity index (χ4v) is 2.46. The minimum absolute atomic E-state index is 0.0397. The molecule has 29 heavy (non-hydrogen) atoms. The topological polar surface area (TPSA) is 87.7 Å². The van der Waals surface area contributed by atoms with E-state index in [4.69, 9.17) is 9.47 Å². The molecule has 0 spiro atoms. The van der Waals surface area contributed by atoms with Crippen molar-refractivity contribution in [3.8, 4) is 11.5 Å². The molecule has 1 N–H and O–H groups in total. The zero-order valence-corrected chi connectivity index (χ0v) is 16.9. The molecule has 0 aliphatic heterocycles. The van der Waals surface area contributed by atoms with Gasteiger partial charge in [-0.2, -0.15) is 0 Å². The van der Waals surface area contributed by atoms with E-state index in [1.165, 1.54) is 6.08 Å². The standard InChI is InChI=1S/C23H27NO5/c1-4-5-14-28-19-12-8-18(9-13-19)22(25)24-21(23(26)27)15-17-6-10-20(11-7-17)29-16(2)3/h6-13,15-16H,4-5,14H2,1-3H3,(H,24,25)(H,26,27)/p-1/b21-15+. The van der Waals surface area contributed by atoms with Crippen LogP contribution in [0.1, 0.15) is 49.5 Å². The zero-order chi connectivity index (χ0) is 21.2. The Labute approximate surface area is 171 Å². The summed E-state index contributed by atoms with van der Waals surface area (Å²) in [5, 5.41) is 13.8.